The number of hydrogen-bond acceptors (Lipinski definition) is 5. The normalized spacial score (nSPS) is 10.4. The van der Waals surface area contributed by atoms with Crippen molar-refractivity contribution < 1.29 is 19.1 Å². The Morgan fingerprint density at radius 1 is 1.41 bits per heavy atom. The van der Waals surface area contributed by atoms with E-state index in [-0.39, 0.29) is 5.58 Å². The average Bonchev–Trinajstić information content (AvgIpc) is 2.27. The van der Waals surface area contributed by atoms with E-state index in [9.17, 15) is 9.59 Å². The molecule has 6 nitrogen and oxygen atoms in total. The molecule has 1 heterocycles. The van der Waals surface area contributed by atoms with Gasteiger partial charge < -0.3 is 20.0 Å². The number of carbonyl (C=O) groups is 1. The summed E-state index contributed by atoms with van der Waals surface area (Å²) >= 11 is 0. The van der Waals surface area contributed by atoms with Crippen molar-refractivity contribution in [1.29, 1.82) is 0 Å². The van der Waals surface area contributed by atoms with Crippen LogP contribution in [0.25, 0.3) is 11.0 Å². The number of benzene rings is 1. The monoisotopic (exact) mass is 235 g/mol. The van der Waals surface area contributed by atoms with Crippen LogP contribution in [0.2, 0.25) is 0 Å². The van der Waals surface area contributed by atoms with E-state index < -0.39 is 17.2 Å². The van der Waals surface area contributed by atoms with Crippen LogP contribution >= 0.6 is 0 Å². The number of nitrogens with two attached hydrogens (primary N) is 1. The first-order valence-corrected chi connectivity index (χ1v) is 4.67. The fourth-order valence-electron chi connectivity index (χ4n) is 1.49. The highest BCUT2D eigenvalue weighted by Crippen LogP contribution is 2.27. The lowest BCUT2D eigenvalue weighted by atomic mass is 10.1. The predicted molar refractivity (Wildman–Crippen MR) is 60.4 cm³/mol. The van der Waals surface area contributed by atoms with Gasteiger partial charge in [-0.15, -0.1) is 0 Å². The number of carboxylic acids is 1. The molecule has 2 aromatic rings. The van der Waals surface area contributed by atoms with Crippen molar-refractivity contribution in [2.45, 2.75) is 0 Å². The van der Waals surface area contributed by atoms with Crippen molar-refractivity contribution in [2.24, 2.45) is 0 Å². The molecular formula is C11H9NO5. The van der Waals surface area contributed by atoms with Crippen LogP contribution in [-0.4, -0.2) is 18.2 Å². The summed E-state index contributed by atoms with van der Waals surface area (Å²) in [7, 11) is 1.43. The predicted octanol–water partition coefficient (Wildman–Crippen LogP) is 1.08. The number of hydrogen-bond donors (Lipinski definition) is 2. The fraction of sp³-hybridized carbons (Fsp3) is 0.0909. The molecule has 0 spiro atoms. The number of aromatic carboxylic acids is 1. The van der Waals surface area contributed by atoms with Crippen molar-refractivity contribution in [3.8, 4) is 5.75 Å². The van der Waals surface area contributed by atoms with Crippen molar-refractivity contribution in [3.05, 3.63) is 34.2 Å². The largest absolute Gasteiger partial charge is 0.494 e. The molecule has 0 saturated heterocycles. The number of carboxylic acid groups (broad SMARTS) is 1. The number of rotatable bonds is 2. The summed E-state index contributed by atoms with van der Waals surface area (Å²) in [5.41, 5.74) is 4.90. The molecule has 0 aliphatic rings. The molecule has 3 N–H and O–H groups in total. The Labute approximate surface area is 95.2 Å². The number of fused-ring (bicyclic) bond motifs is 1. The van der Waals surface area contributed by atoms with Gasteiger partial charge >= 0.3 is 11.6 Å². The molecule has 0 aliphatic carbocycles. The maximum Gasteiger partial charge on any atom is 0.351 e. The molecule has 0 radical (unpaired) electrons. The van der Waals surface area contributed by atoms with Crippen molar-refractivity contribution in [3.63, 3.8) is 0 Å². The third-order valence-corrected chi connectivity index (χ3v) is 2.31. The topological polar surface area (TPSA) is 103 Å². The number of anilines is 1. The summed E-state index contributed by atoms with van der Waals surface area (Å²) in [6, 6.07) is 4.15. The minimum absolute atomic E-state index is 0.228. The van der Waals surface area contributed by atoms with Crippen LogP contribution in [0.5, 0.6) is 5.75 Å². The van der Waals surface area contributed by atoms with Gasteiger partial charge in [0.25, 0.3) is 0 Å². The molecule has 0 unspecified atom stereocenters. The lowest BCUT2D eigenvalue weighted by Crippen LogP contribution is -2.12. The SMILES string of the molecule is COc1cc2oc(=O)c(C(=O)O)cc2cc1N. The van der Waals surface area contributed by atoms with Crippen LogP contribution in [-0.2, 0) is 0 Å². The number of ether oxygens (including phenoxy) is 1. The molecule has 1 aromatic heterocycles. The van der Waals surface area contributed by atoms with Gasteiger partial charge in [0, 0.05) is 11.5 Å². The van der Waals surface area contributed by atoms with Crippen LogP contribution in [0.1, 0.15) is 10.4 Å². The quantitative estimate of drug-likeness (QED) is 0.596. The summed E-state index contributed by atoms with van der Waals surface area (Å²) in [4.78, 5) is 22.1. The second-order valence-corrected chi connectivity index (χ2v) is 3.38. The minimum Gasteiger partial charge on any atom is -0.494 e. The van der Waals surface area contributed by atoms with Gasteiger partial charge in [-0.2, -0.15) is 0 Å². The van der Waals surface area contributed by atoms with Gasteiger partial charge in [0.15, 0.2) is 0 Å². The van der Waals surface area contributed by atoms with Gasteiger partial charge in [0.2, 0.25) is 0 Å². The van der Waals surface area contributed by atoms with Crippen molar-refractivity contribution in [2.75, 3.05) is 12.8 Å². The molecule has 0 aliphatic heterocycles. The molecule has 6 heteroatoms. The van der Waals surface area contributed by atoms with Crippen molar-refractivity contribution in [1.82, 2.24) is 0 Å². The van der Waals surface area contributed by atoms with Crippen LogP contribution in [0.3, 0.4) is 0 Å². The Balaban J connectivity index is 2.79. The summed E-state index contributed by atoms with van der Waals surface area (Å²) in [6.07, 6.45) is 0. The van der Waals surface area contributed by atoms with E-state index >= 15 is 0 Å². The molecular weight excluding hydrogens is 226 g/mol. The molecule has 0 amide bonds. The minimum atomic E-state index is -1.34. The average molecular weight is 235 g/mol. The third-order valence-electron chi connectivity index (χ3n) is 2.31. The fourth-order valence-corrected chi connectivity index (χ4v) is 1.49. The molecule has 0 atom stereocenters. The van der Waals surface area contributed by atoms with E-state index in [4.69, 9.17) is 20.0 Å². The van der Waals surface area contributed by atoms with E-state index in [1.165, 1.54) is 25.3 Å². The lowest BCUT2D eigenvalue weighted by molar-refractivity contribution is 0.0692. The first kappa shape index (κ1) is 11.0. The first-order chi connectivity index (χ1) is 8.02. The van der Waals surface area contributed by atoms with E-state index in [0.717, 1.165) is 0 Å². The van der Waals surface area contributed by atoms with Crippen molar-refractivity contribution >= 4 is 22.6 Å². The lowest BCUT2D eigenvalue weighted by Gasteiger charge is -2.05. The van der Waals surface area contributed by atoms with E-state index in [2.05, 4.69) is 0 Å². The molecule has 0 bridgehead atoms. The summed E-state index contributed by atoms with van der Waals surface area (Å²) in [5, 5.41) is 9.21. The molecule has 0 saturated carbocycles. The zero-order chi connectivity index (χ0) is 12.6. The highest BCUT2D eigenvalue weighted by Gasteiger charge is 2.13. The maximum atomic E-state index is 11.3. The Morgan fingerprint density at radius 3 is 2.71 bits per heavy atom. The Hall–Kier alpha value is -2.50. The smallest absolute Gasteiger partial charge is 0.351 e. The Morgan fingerprint density at radius 2 is 2.12 bits per heavy atom. The second kappa shape index (κ2) is 3.82. The third kappa shape index (κ3) is 1.80. The van der Waals surface area contributed by atoms with Gasteiger partial charge in [0.05, 0.1) is 12.8 Å². The van der Waals surface area contributed by atoms with E-state index in [1.54, 1.807) is 0 Å². The molecule has 1 aromatic carbocycles. The van der Waals surface area contributed by atoms with Gasteiger partial charge in [-0.3, -0.25) is 0 Å². The Bertz CT molecular complexity index is 659. The summed E-state index contributed by atoms with van der Waals surface area (Å²) < 4.78 is 9.85. The summed E-state index contributed by atoms with van der Waals surface area (Å²) in [6.45, 7) is 0. The Kier molecular flexibility index (Phi) is 2.47. The zero-order valence-corrected chi connectivity index (χ0v) is 8.89. The van der Waals surface area contributed by atoms with Gasteiger partial charge in [-0.25, -0.2) is 9.59 Å². The number of methoxy groups -OCH3 is 1. The summed E-state index contributed by atoms with van der Waals surface area (Å²) in [5.74, 6) is -0.973. The molecule has 17 heavy (non-hydrogen) atoms. The van der Waals surface area contributed by atoms with E-state index in [0.29, 0.717) is 16.8 Å². The second-order valence-electron chi connectivity index (χ2n) is 3.38. The van der Waals surface area contributed by atoms with Crippen LogP contribution < -0.4 is 16.1 Å². The first-order valence-electron chi connectivity index (χ1n) is 4.67. The molecule has 2 rings (SSSR count). The highest BCUT2D eigenvalue weighted by atomic mass is 16.5. The number of nitrogen functional groups attached to an aromatic ring is 1. The highest BCUT2D eigenvalue weighted by molar-refractivity contribution is 5.93. The van der Waals surface area contributed by atoms with E-state index in [1.807, 2.05) is 0 Å². The molecule has 0 fully saturated rings. The zero-order valence-electron chi connectivity index (χ0n) is 8.89. The van der Waals surface area contributed by atoms with Gasteiger partial charge in [-0.1, -0.05) is 0 Å². The van der Waals surface area contributed by atoms with Gasteiger partial charge in [-0.05, 0) is 12.1 Å². The molecule has 88 valence electrons. The van der Waals surface area contributed by atoms with Crippen LogP contribution in [0.4, 0.5) is 5.69 Å². The van der Waals surface area contributed by atoms with Gasteiger partial charge in [0.1, 0.15) is 16.9 Å². The van der Waals surface area contributed by atoms with Crippen LogP contribution in [0.15, 0.2) is 27.4 Å². The maximum absolute atomic E-state index is 11.3. The van der Waals surface area contributed by atoms with Crippen LogP contribution in [0, 0.1) is 0 Å². The standard InChI is InChI=1S/C11H9NO5/c1-16-9-4-8-5(3-7(9)12)2-6(10(13)14)11(15)17-8/h2-4H,12H2,1H3,(H,13,14).